The minimum atomic E-state index is -0.430. The maximum atomic E-state index is 13.4. The smallest absolute Gasteiger partial charge is 0.166 e. The third-order valence-electron chi connectivity index (χ3n) is 2.22. The average molecular weight is 257 g/mol. The predicted octanol–water partition coefficient (Wildman–Crippen LogP) is 3.86. The maximum absolute atomic E-state index is 13.4. The number of halogens is 2. The first kappa shape index (κ1) is 11.4. The molecule has 0 aliphatic carbocycles. The van der Waals surface area contributed by atoms with Gasteiger partial charge in [-0.25, -0.2) is 9.37 Å². The Morgan fingerprint density at radius 1 is 1.50 bits per heavy atom. The molecule has 2 rings (SSSR count). The largest absolute Gasteiger partial charge is 0.364 e. The minimum Gasteiger partial charge on any atom is -0.364 e. The number of aromatic nitrogens is 1. The first-order chi connectivity index (χ1) is 7.66. The van der Waals surface area contributed by atoms with E-state index in [1.807, 2.05) is 12.3 Å². The van der Waals surface area contributed by atoms with Gasteiger partial charge in [-0.15, -0.1) is 0 Å². The summed E-state index contributed by atoms with van der Waals surface area (Å²) in [5, 5.41) is 7.34. The van der Waals surface area contributed by atoms with E-state index in [4.69, 9.17) is 11.6 Å². The van der Waals surface area contributed by atoms with Crippen LogP contribution in [-0.2, 0) is 6.54 Å². The second kappa shape index (κ2) is 4.80. The monoisotopic (exact) mass is 256 g/mol. The number of nitrogens with one attached hydrogen (secondary N) is 1. The molecule has 0 amide bonds. The molecule has 0 atom stereocenters. The molecule has 16 heavy (non-hydrogen) atoms. The van der Waals surface area contributed by atoms with E-state index in [9.17, 15) is 4.39 Å². The summed E-state index contributed by atoms with van der Waals surface area (Å²) >= 11 is 7.25. The van der Waals surface area contributed by atoms with Crippen molar-refractivity contribution in [2.45, 2.75) is 13.5 Å². The Labute approximate surface area is 102 Å². The molecule has 0 spiro atoms. The number of thiophene rings is 1. The number of rotatable bonds is 3. The van der Waals surface area contributed by atoms with Gasteiger partial charge in [0.2, 0.25) is 0 Å². The summed E-state index contributed by atoms with van der Waals surface area (Å²) in [5.41, 5.74) is 2.35. The normalized spacial score (nSPS) is 10.4. The van der Waals surface area contributed by atoms with Crippen molar-refractivity contribution >= 4 is 28.8 Å². The number of anilines is 1. The van der Waals surface area contributed by atoms with Crippen LogP contribution in [0.4, 0.5) is 10.2 Å². The molecule has 2 aromatic rings. The zero-order valence-electron chi connectivity index (χ0n) is 8.63. The molecule has 0 radical (unpaired) electrons. The van der Waals surface area contributed by atoms with Crippen LogP contribution in [0.1, 0.15) is 11.1 Å². The van der Waals surface area contributed by atoms with Gasteiger partial charge < -0.3 is 5.32 Å². The Morgan fingerprint density at radius 3 is 2.94 bits per heavy atom. The Morgan fingerprint density at radius 2 is 2.31 bits per heavy atom. The van der Waals surface area contributed by atoms with Gasteiger partial charge in [-0.3, -0.25) is 0 Å². The lowest BCUT2D eigenvalue weighted by Crippen LogP contribution is -2.03. The van der Waals surface area contributed by atoms with Gasteiger partial charge in [0, 0.05) is 12.7 Å². The van der Waals surface area contributed by atoms with E-state index in [1.165, 1.54) is 17.8 Å². The van der Waals surface area contributed by atoms with Crippen LogP contribution >= 0.6 is 22.9 Å². The lowest BCUT2D eigenvalue weighted by atomic mass is 10.2. The number of hydrogen-bond acceptors (Lipinski definition) is 3. The van der Waals surface area contributed by atoms with Gasteiger partial charge in [0.25, 0.3) is 0 Å². The van der Waals surface area contributed by atoms with Crippen molar-refractivity contribution < 1.29 is 4.39 Å². The Hall–Kier alpha value is -1.13. The summed E-state index contributed by atoms with van der Waals surface area (Å²) in [5.74, 6) is -0.199. The van der Waals surface area contributed by atoms with Crippen LogP contribution in [0.3, 0.4) is 0 Å². The van der Waals surface area contributed by atoms with Crippen molar-refractivity contribution in [2.24, 2.45) is 0 Å². The molecule has 0 saturated carbocycles. The molecule has 0 aromatic carbocycles. The summed E-state index contributed by atoms with van der Waals surface area (Å²) in [6.45, 7) is 2.60. The first-order valence-electron chi connectivity index (χ1n) is 4.73. The molecule has 1 N–H and O–H groups in total. The van der Waals surface area contributed by atoms with E-state index in [-0.39, 0.29) is 5.82 Å². The molecule has 0 aliphatic heterocycles. The molecule has 5 heteroatoms. The molecule has 0 bridgehead atoms. The molecule has 2 nitrogen and oxygen atoms in total. The van der Waals surface area contributed by atoms with Crippen molar-refractivity contribution in [3.63, 3.8) is 0 Å². The second-order valence-corrected chi connectivity index (χ2v) is 4.60. The standard InChI is InChI=1S/C11H10ClFN2S/c1-7-5-16-6-8(7)3-14-11-10(13)2-9(12)4-15-11/h2,4-6H,3H2,1H3,(H,14,15). The highest BCUT2D eigenvalue weighted by molar-refractivity contribution is 7.08. The summed E-state index contributed by atoms with van der Waals surface area (Å²) in [7, 11) is 0. The van der Waals surface area contributed by atoms with E-state index < -0.39 is 5.82 Å². The summed E-state index contributed by atoms with van der Waals surface area (Å²) in [6, 6.07) is 1.25. The van der Waals surface area contributed by atoms with Gasteiger partial charge in [-0.05, 0) is 34.9 Å². The van der Waals surface area contributed by atoms with Gasteiger partial charge in [0.15, 0.2) is 11.6 Å². The highest BCUT2D eigenvalue weighted by Crippen LogP contribution is 2.18. The Balaban J connectivity index is 2.08. The van der Waals surface area contributed by atoms with Crippen molar-refractivity contribution in [3.8, 4) is 0 Å². The van der Waals surface area contributed by atoms with Gasteiger partial charge in [-0.2, -0.15) is 11.3 Å². The minimum absolute atomic E-state index is 0.231. The maximum Gasteiger partial charge on any atom is 0.166 e. The van der Waals surface area contributed by atoms with E-state index in [2.05, 4.69) is 15.7 Å². The van der Waals surface area contributed by atoms with Gasteiger partial charge in [0.05, 0.1) is 5.02 Å². The van der Waals surface area contributed by atoms with Crippen LogP contribution in [0.25, 0.3) is 0 Å². The zero-order valence-corrected chi connectivity index (χ0v) is 10.2. The lowest BCUT2D eigenvalue weighted by Gasteiger charge is -2.06. The van der Waals surface area contributed by atoms with Crippen LogP contribution in [-0.4, -0.2) is 4.98 Å². The summed E-state index contributed by atoms with van der Waals surface area (Å²) in [4.78, 5) is 3.89. The average Bonchev–Trinajstić information content (AvgIpc) is 2.63. The summed E-state index contributed by atoms with van der Waals surface area (Å²) < 4.78 is 13.4. The van der Waals surface area contributed by atoms with Crippen LogP contribution in [0.5, 0.6) is 0 Å². The molecule has 0 fully saturated rings. The molecule has 0 unspecified atom stereocenters. The zero-order chi connectivity index (χ0) is 11.5. The van der Waals surface area contributed by atoms with E-state index in [0.717, 1.165) is 5.56 Å². The molecular formula is C11H10ClFN2S. The fourth-order valence-electron chi connectivity index (χ4n) is 1.29. The first-order valence-corrected chi connectivity index (χ1v) is 6.05. The van der Waals surface area contributed by atoms with Crippen LogP contribution in [0.2, 0.25) is 5.02 Å². The fraction of sp³-hybridized carbons (Fsp3) is 0.182. The number of pyridine rings is 1. The molecule has 2 aromatic heterocycles. The predicted molar refractivity (Wildman–Crippen MR) is 65.6 cm³/mol. The van der Waals surface area contributed by atoms with Crippen LogP contribution in [0.15, 0.2) is 23.0 Å². The summed E-state index contributed by atoms with van der Waals surface area (Å²) in [6.07, 6.45) is 1.42. The topological polar surface area (TPSA) is 24.9 Å². The molecular weight excluding hydrogens is 247 g/mol. The van der Waals surface area contributed by atoms with Crippen molar-refractivity contribution in [1.82, 2.24) is 4.98 Å². The van der Waals surface area contributed by atoms with Crippen LogP contribution in [0, 0.1) is 12.7 Å². The van der Waals surface area contributed by atoms with Crippen molar-refractivity contribution in [2.75, 3.05) is 5.32 Å². The SMILES string of the molecule is Cc1cscc1CNc1ncc(Cl)cc1F. The van der Waals surface area contributed by atoms with E-state index in [0.29, 0.717) is 11.6 Å². The van der Waals surface area contributed by atoms with E-state index >= 15 is 0 Å². The highest BCUT2D eigenvalue weighted by atomic mass is 35.5. The number of nitrogens with zero attached hydrogens (tertiary/aromatic N) is 1. The molecule has 2 heterocycles. The highest BCUT2D eigenvalue weighted by Gasteiger charge is 2.05. The molecule has 0 aliphatic rings. The van der Waals surface area contributed by atoms with E-state index in [1.54, 1.807) is 11.3 Å². The molecule has 0 saturated heterocycles. The second-order valence-electron chi connectivity index (χ2n) is 3.42. The third kappa shape index (κ3) is 2.51. The van der Waals surface area contributed by atoms with Gasteiger partial charge in [0.1, 0.15) is 0 Å². The quantitative estimate of drug-likeness (QED) is 0.902. The fourth-order valence-corrected chi connectivity index (χ4v) is 2.29. The third-order valence-corrected chi connectivity index (χ3v) is 3.33. The number of hydrogen-bond donors (Lipinski definition) is 1. The van der Waals surface area contributed by atoms with Gasteiger partial charge >= 0.3 is 0 Å². The Bertz CT molecular complexity index is 498. The van der Waals surface area contributed by atoms with Crippen LogP contribution < -0.4 is 5.32 Å². The molecule has 84 valence electrons. The van der Waals surface area contributed by atoms with Crippen molar-refractivity contribution in [1.29, 1.82) is 0 Å². The van der Waals surface area contributed by atoms with Gasteiger partial charge in [-0.1, -0.05) is 11.6 Å². The number of aryl methyl sites for hydroxylation is 1. The lowest BCUT2D eigenvalue weighted by molar-refractivity contribution is 0.624. The van der Waals surface area contributed by atoms with Crippen molar-refractivity contribution in [3.05, 3.63) is 45.0 Å². The Kier molecular flexibility index (Phi) is 3.41.